The highest BCUT2D eigenvalue weighted by atomic mass is 35.5. The Bertz CT molecular complexity index is 543. The zero-order chi connectivity index (χ0) is 14.0. The van der Waals surface area contributed by atoms with E-state index in [9.17, 15) is 0 Å². The van der Waals surface area contributed by atoms with E-state index in [2.05, 4.69) is 10.2 Å². The van der Waals surface area contributed by atoms with Gasteiger partial charge in [-0.2, -0.15) is 0 Å². The van der Waals surface area contributed by atoms with E-state index in [0.717, 1.165) is 5.56 Å². The molecule has 19 heavy (non-hydrogen) atoms. The fraction of sp³-hybridized carbons (Fsp3) is 0.429. The van der Waals surface area contributed by atoms with E-state index < -0.39 is 0 Å². The Morgan fingerprint density at radius 1 is 1.21 bits per heavy atom. The van der Waals surface area contributed by atoms with Crippen molar-refractivity contribution in [3.8, 4) is 0 Å². The van der Waals surface area contributed by atoms with Crippen molar-refractivity contribution in [2.45, 2.75) is 32.1 Å². The predicted octanol–water partition coefficient (Wildman–Crippen LogP) is 3.11. The molecule has 1 aromatic carbocycles. The van der Waals surface area contributed by atoms with Crippen LogP contribution in [-0.4, -0.2) is 16.7 Å². The van der Waals surface area contributed by atoms with Gasteiger partial charge >= 0.3 is 0 Å². The molecule has 5 heteroatoms. The minimum Gasteiger partial charge on any atom is -0.424 e. The van der Waals surface area contributed by atoms with Gasteiger partial charge in [-0.25, -0.2) is 0 Å². The summed E-state index contributed by atoms with van der Waals surface area (Å²) in [6.45, 7) is 6.51. The van der Waals surface area contributed by atoms with E-state index in [1.807, 2.05) is 45.0 Å². The summed E-state index contributed by atoms with van der Waals surface area (Å²) < 4.78 is 5.75. The molecule has 1 heterocycles. The Hall–Kier alpha value is -1.39. The lowest BCUT2D eigenvalue weighted by Crippen LogP contribution is -2.14. The Kier molecular flexibility index (Phi) is 3.92. The highest BCUT2D eigenvalue weighted by Gasteiger charge is 2.25. The normalized spacial score (nSPS) is 13.5. The molecule has 4 nitrogen and oxygen atoms in total. The molecule has 1 unspecified atom stereocenters. The molecule has 0 spiro atoms. The van der Waals surface area contributed by atoms with Crippen LogP contribution >= 0.6 is 11.6 Å². The zero-order valence-corrected chi connectivity index (χ0v) is 12.1. The van der Waals surface area contributed by atoms with Gasteiger partial charge in [0.05, 0.1) is 5.92 Å². The summed E-state index contributed by atoms with van der Waals surface area (Å²) in [6, 6.07) is 7.53. The number of nitrogens with zero attached hydrogens (tertiary/aromatic N) is 2. The largest absolute Gasteiger partial charge is 0.424 e. The van der Waals surface area contributed by atoms with Crippen LogP contribution in [0.5, 0.6) is 0 Å². The molecule has 2 rings (SSSR count). The fourth-order valence-electron chi connectivity index (χ4n) is 1.75. The predicted molar refractivity (Wildman–Crippen MR) is 75.3 cm³/mol. The van der Waals surface area contributed by atoms with Crippen LogP contribution < -0.4 is 5.73 Å². The van der Waals surface area contributed by atoms with Gasteiger partial charge in [-0.05, 0) is 17.7 Å². The van der Waals surface area contributed by atoms with Crippen molar-refractivity contribution < 1.29 is 4.42 Å². The average Bonchev–Trinajstić information content (AvgIpc) is 2.82. The lowest BCUT2D eigenvalue weighted by Gasteiger charge is -2.13. The van der Waals surface area contributed by atoms with Crippen molar-refractivity contribution in [3.05, 3.63) is 46.6 Å². The Balaban J connectivity index is 2.32. The van der Waals surface area contributed by atoms with Crippen molar-refractivity contribution in [2.75, 3.05) is 6.54 Å². The highest BCUT2D eigenvalue weighted by Crippen LogP contribution is 2.27. The van der Waals surface area contributed by atoms with Gasteiger partial charge in [-0.3, -0.25) is 0 Å². The fourth-order valence-corrected chi connectivity index (χ4v) is 1.88. The van der Waals surface area contributed by atoms with Gasteiger partial charge in [-0.1, -0.05) is 44.5 Å². The number of hydrogen-bond donors (Lipinski definition) is 1. The molecular formula is C14H18ClN3O. The molecule has 1 atom stereocenters. The van der Waals surface area contributed by atoms with Crippen molar-refractivity contribution in [1.82, 2.24) is 10.2 Å². The first-order valence-corrected chi connectivity index (χ1v) is 6.59. The molecule has 0 amide bonds. The first-order chi connectivity index (χ1) is 8.91. The van der Waals surface area contributed by atoms with Crippen LogP contribution in [0.15, 0.2) is 28.7 Å². The van der Waals surface area contributed by atoms with E-state index in [1.54, 1.807) is 0 Å². The van der Waals surface area contributed by atoms with Gasteiger partial charge in [0.2, 0.25) is 11.8 Å². The number of nitrogens with two attached hydrogens (primary N) is 1. The van der Waals surface area contributed by atoms with Crippen molar-refractivity contribution >= 4 is 11.6 Å². The lowest BCUT2D eigenvalue weighted by atomic mass is 9.97. The molecule has 2 N–H and O–H groups in total. The number of aromatic nitrogens is 2. The minimum absolute atomic E-state index is 0.0964. The first-order valence-electron chi connectivity index (χ1n) is 6.21. The third-order valence-electron chi connectivity index (χ3n) is 2.89. The van der Waals surface area contributed by atoms with Gasteiger partial charge in [0.1, 0.15) is 0 Å². The topological polar surface area (TPSA) is 64.9 Å². The van der Waals surface area contributed by atoms with Crippen LogP contribution in [0.25, 0.3) is 0 Å². The zero-order valence-electron chi connectivity index (χ0n) is 11.4. The molecule has 0 aliphatic carbocycles. The summed E-state index contributed by atoms with van der Waals surface area (Å²) in [7, 11) is 0. The molecule has 102 valence electrons. The SMILES string of the molecule is CC(C)(C)c1nnc(C(CN)c2ccc(Cl)cc2)o1. The second-order valence-electron chi connectivity index (χ2n) is 5.54. The lowest BCUT2D eigenvalue weighted by molar-refractivity contribution is 0.364. The van der Waals surface area contributed by atoms with Crippen LogP contribution in [-0.2, 0) is 5.41 Å². The number of halogens is 1. The summed E-state index contributed by atoms with van der Waals surface area (Å²) >= 11 is 5.89. The monoisotopic (exact) mass is 279 g/mol. The van der Waals surface area contributed by atoms with Crippen LogP contribution in [0.1, 0.15) is 44.0 Å². The van der Waals surface area contributed by atoms with Crippen molar-refractivity contribution in [1.29, 1.82) is 0 Å². The Labute approximate surface area is 118 Å². The minimum atomic E-state index is -0.162. The van der Waals surface area contributed by atoms with Gasteiger partial charge in [0.25, 0.3) is 0 Å². The summed E-state index contributed by atoms with van der Waals surface area (Å²) in [5.41, 5.74) is 6.69. The molecular weight excluding hydrogens is 262 g/mol. The standard InChI is InChI=1S/C14H18ClN3O/c1-14(2,3)13-18-17-12(19-13)11(8-16)9-4-6-10(15)7-5-9/h4-7,11H,8,16H2,1-3H3. The summed E-state index contributed by atoms with van der Waals surface area (Å²) in [5.74, 6) is 1.07. The van der Waals surface area contributed by atoms with Crippen LogP contribution in [0.2, 0.25) is 5.02 Å². The van der Waals surface area contributed by atoms with Crippen molar-refractivity contribution in [2.24, 2.45) is 5.73 Å². The second-order valence-corrected chi connectivity index (χ2v) is 5.97. The third-order valence-corrected chi connectivity index (χ3v) is 3.14. The number of benzene rings is 1. The van der Waals surface area contributed by atoms with Crippen LogP contribution in [0.4, 0.5) is 0 Å². The average molecular weight is 280 g/mol. The van der Waals surface area contributed by atoms with Gasteiger partial charge in [-0.15, -0.1) is 10.2 Å². The number of hydrogen-bond acceptors (Lipinski definition) is 4. The van der Waals surface area contributed by atoms with E-state index in [4.69, 9.17) is 21.8 Å². The van der Waals surface area contributed by atoms with Gasteiger partial charge in [0.15, 0.2) is 0 Å². The van der Waals surface area contributed by atoms with E-state index in [1.165, 1.54) is 0 Å². The quantitative estimate of drug-likeness (QED) is 0.937. The molecule has 0 fully saturated rings. The molecule has 0 aliphatic rings. The molecule has 0 radical (unpaired) electrons. The van der Waals surface area contributed by atoms with E-state index in [0.29, 0.717) is 23.3 Å². The second kappa shape index (κ2) is 5.31. The third kappa shape index (κ3) is 3.14. The van der Waals surface area contributed by atoms with E-state index >= 15 is 0 Å². The number of rotatable bonds is 3. The molecule has 0 bridgehead atoms. The summed E-state index contributed by atoms with van der Waals surface area (Å²) in [4.78, 5) is 0. The van der Waals surface area contributed by atoms with Crippen LogP contribution in [0, 0.1) is 0 Å². The maximum Gasteiger partial charge on any atom is 0.225 e. The molecule has 0 aliphatic heterocycles. The Morgan fingerprint density at radius 2 is 1.84 bits per heavy atom. The highest BCUT2D eigenvalue weighted by molar-refractivity contribution is 6.30. The summed E-state index contributed by atoms with van der Waals surface area (Å²) in [6.07, 6.45) is 0. The van der Waals surface area contributed by atoms with Crippen LogP contribution in [0.3, 0.4) is 0 Å². The smallest absolute Gasteiger partial charge is 0.225 e. The van der Waals surface area contributed by atoms with Gasteiger partial charge in [0, 0.05) is 17.0 Å². The maximum absolute atomic E-state index is 5.89. The molecule has 0 saturated heterocycles. The summed E-state index contributed by atoms with van der Waals surface area (Å²) in [5, 5.41) is 8.92. The molecule has 0 saturated carbocycles. The maximum atomic E-state index is 5.89. The first kappa shape index (κ1) is 14.0. The van der Waals surface area contributed by atoms with Crippen molar-refractivity contribution in [3.63, 3.8) is 0 Å². The molecule has 2 aromatic rings. The molecule has 1 aromatic heterocycles. The van der Waals surface area contributed by atoms with E-state index in [-0.39, 0.29) is 11.3 Å². The van der Waals surface area contributed by atoms with Gasteiger partial charge < -0.3 is 10.2 Å². The Morgan fingerprint density at radius 3 is 2.32 bits per heavy atom.